The number of nitrogens with one attached hydrogen (secondary N) is 2. The first-order valence-electron chi connectivity index (χ1n) is 11.7. The first kappa shape index (κ1) is 18.3. The average Bonchev–Trinajstić information content (AvgIpc) is 3.32. The Labute approximate surface area is 187 Å². The van der Waals surface area contributed by atoms with Crippen LogP contribution in [0.5, 0.6) is 0 Å². The molecule has 4 heterocycles. The number of hydrogen-bond donors (Lipinski definition) is 2. The molecule has 1 aromatic heterocycles. The Morgan fingerprint density at radius 2 is 1.91 bits per heavy atom. The van der Waals surface area contributed by atoms with Gasteiger partial charge in [0.05, 0.1) is 17.8 Å². The predicted molar refractivity (Wildman–Crippen MR) is 132 cm³/mol. The molecule has 3 aromatic carbocycles. The lowest BCUT2D eigenvalue weighted by atomic mass is 9.85. The van der Waals surface area contributed by atoms with Gasteiger partial charge in [-0.15, -0.1) is 0 Å². The van der Waals surface area contributed by atoms with E-state index in [1.54, 1.807) is 0 Å². The summed E-state index contributed by atoms with van der Waals surface area (Å²) in [6.45, 7) is 6.08. The normalized spacial score (nSPS) is 21.7. The van der Waals surface area contributed by atoms with E-state index in [4.69, 9.17) is 4.74 Å². The molecule has 0 bridgehead atoms. The van der Waals surface area contributed by atoms with Gasteiger partial charge in [0.15, 0.2) is 0 Å². The summed E-state index contributed by atoms with van der Waals surface area (Å²) in [4.78, 5) is 0. The van der Waals surface area contributed by atoms with Gasteiger partial charge >= 0.3 is 0 Å². The molecule has 1 saturated heterocycles. The molecule has 2 N–H and O–H groups in total. The molecule has 7 rings (SSSR count). The summed E-state index contributed by atoms with van der Waals surface area (Å²) in [5, 5.41) is 10.0. The van der Waals surface area contributed by atoms with E-state index >= 15 is 0 Å². The van der Waals surface area contributed by atoms with Gasteiger partial charge in [-0.05, 0) is 42.0 Å². The molecule has 0 radical (unpaired) electrons. The minimum absolute atomic E-state index is 0.0795. The van der Waals surface area contributed by atoms with Crippen LogP contribution < -0.4 is 10.6 Å². The molecule has 3 aliphatic rings. The van der Waals surface area contributed by atoms with Crippen molar-refractivity contribution in [3.63, 3.8) is 0 Å². The SMILES string of the molecule is C=C1NCc2c3c(c4c(c21)c1ccccc1n4C)NC1OCC1CCCc1ccccc1-3. The Kier molecular flexibility index (Phi) is 3.80. The molecule has 0 amide bonds. The van der Waals surface area contributed by atoms with Gasteiger partial charge in [-0.2, -0.15) is 0 Å². The van der Waals surface area contributed by atoms with Crippen LogP contribution in [0.2, 0.25) is 0 Å². The van der Waals surface area contributed by atoms with Crippen LogP contribution in [-0.2, 0) is 24.8 Å². The number of aromatic nitrogens is 1. The van der Waals surface area contributed by atoms with E-state index in [2.05, 4.69) is 77.4 Å². The lowest BCUT2D eigenvalue weighted by molar-refractivity contribution is -0.1000. The first-order chi connectivity index (χ1) is 15.7. The number of fused-ring (bicyclic) bond motifs is 11. The van der Waals surface area contributed by atoms with Gasteiger partial charge in [0.1, 0.15) is 6.23 Å². The molecule has 32 heavy (non-hydrogen) atoms. The molecule has 3 aliphatic heterocycles. The summed E-state index contributed by atoms with van der Waals surface area (Å²) in [7, 11) is 2.19. The highest BCUT2D eigenvalue weighted by molar-refractivity contribution is 6.20. The van der Waals surface area contributed by atoms with Crippen molar-refractivity contribution >= 4 is 33.2 Å². The van der Waals surface area contributed by atoms with Gasteiger partial charge in [-0.25, -0.2) is 0 Å². The number of para-hydroxylation sites is 1. The van der Waals surface area contributed by atoms with E-state index in [0.717, 1.165) is 25.3 Å². The van der Waals surface area contributed by atoms with Gasteiger partial charge in [-0.3, -0.25) is 0 Å². The third kappa shape index (κ3) is 2.36. The molecule has 0 saturated carbocycles. The second kappa shape index (κ2) is 6.63. The van der Waals surface area contributed by atoms with Crippen LogP contribution in [0, 0.1) is 5.92 Å². The fourth-order valence-electron chi connectivity index (χ4n) is 6.12. The molecule has 1 fully saturated rings. The molecular weight excluding hydrogens is 394 g/mol. The molecule has 0 aliphatic carbocycles. The van der Waals surface area contributed by atoms with Gasteiger partial charge < -0.3 is 19.9 Å². The Balaban J connectivity index is 1.68. The van der Waals surface area contributed by atoms with Crippen LogP contribution in [0.4, 0.5) is 5.69 Å². The van der Waals surface area contributed by atoms with E-state index < -0.39 is 0 Å². The van der Waals surface area contributed by atoms with Crippen molar-refractivity contribution in [3.05, 3.63) is 71.8 Å². The van der Waals surface area contributed by atoms with Crippen molar-refractivity contribution in [1.82, 2.24) is 9.88 Å². The van der Waals surface area contributed by atoms with E-state index in [9.17, 15) is 0 Å². The lowest BCUT2D eigenvalue weighted by Crippen LogP contribution is -2.45. The highest BCUT2D eigenvalue weighted by Crippen LogP contribution is 2.50. The smallest absolute Gasteiger partial charge is 0.132 e. The second-order valence-electron chi connectivity index (χ2n) is 9.44. The van der Waals surface area contributed by atoms with Gasteiger partial charge in [0.25, 0.3) is 0 Å². The van der Waals surface area contributed by atoms with Gasteiger partial charge in [0.2, 0.25) is 0 Å². The van der Waals surface area contributed by atoms with Crippen LogP contribution in [-0.4, -0.2) is 17.4 Å². The number of anilines is 1. The minimum atomic E-state index is 0.0795. The maximum Gasteiger partial charge on any atom is 0.132 e. The molecule has 4 nitrogen and oxygen atoms in total. The van der Waals surface area contributed by atoms with Gasteiger partial charge in [0, 0.05) is 52.6 Å². The quantitative estimate of drug-likeness (QED) is 0.377. The van der Waals surface area contributed by atoms with E-state index in [1.165, 1.54) is 68.2 Å². The zero-order chi connectivity index (χ0) is 21.4. The summed E-state index contributed by atoms with van der Waals surface area (Å²) in [5.74, 6) is 0.569. The number of rotatable bonds is 0. The maximum atomic E-state index is 6.06. The zero-order valence-corrected chi connectivity index (χ0v) is 18.4. The molecule has 4 aromatic rings. The monoisotopic (exact) mass is 421 g/mol. The van der Waals surface area contributed by atoms with Crippen molar-refractivity contribution in [1.29, 1.82) is 0 Å². The van der Waals surface area contributed by atoms with Gasteiger partial charge in [-0.1, -0.05) is 49.0 Å². The average molecular weight is 422 g/mol. The molecule has 160 valence electrons. The van der Waals surface area contributed by atoms with Crippen molar-refractivity contribution in [2.24, 2.45) is 13.0 Å². The van der Waals surface area contributed by atoms with Crippen LogP contribution in [0.15, 0.2) is 55.1 Å². The molecule has 2 atom stereocenters. The topological polar surface area (TPSA) is 38.2 Å². The highest BCUT2D eigenvalue weighted by Gasteiger charge is 2.36. The maximum absolute atomic E-state index is 6.06. The van der Waals surface area contributed by atoms with Crippen LogP contribution in [0.3, 0.4) is 0 Å². The fourth-order valence-corrected chi connectivity index (χ4v) is 6.12. The van der Waals surface area contributed by atoms with Crippen molar-refractivity contribution in [2.75, 3.05) is 11.9 Å². The molecule has 4 heteroatoms. The Morgan fingerprint density at radius 1 is 1.06 bits per heavy atom. The molecule has 0 spiro atoms. The standard InChI is InChI=1S/C28H27N3O/c1-16-23-21(14-29-16)24-19-11-4-3-8-17(19)9-7-10-18-15-32-28(18)30-26(24)27-25(23)20-12-5-6-13-22(20)31(27)2/h3-6,8,11-13,18,28-30H,1,7,9-10,14-15H2,2H3. The van der Waals surface area contributed by atoms with E-state index in [1.807, 2.05) is 0 Å². The third-order valence-corrected chi connectivity index (χ3v) is 7.74. The number of hydrogen-bond acceptors (Lipinski definition) is 3. The summed E-state index contributed by atoms with van der Waals surface area (Å²) >= 11 is 0. The lowest BCUT2D eigenvalue weighted by Gasteiger charge is -2.39. The highest BCUT2D eigenvalue weighted by atomic mass is 16.5. The Hall–Kier alpha value is -3.24. The number of aryl methyl sites for hydroxylation is 2. The Bertz CT molecular complexity index is 1430. The summed E-state index contributed by atoms with van der Waals surface area (Å²) in [5.41, 5.74) is 11.4. The van der Waals surface area contributed by atoms with Crippen molar-refractivity contribution in [3.8, 4) is 11.1 Å². The summed E-state index contributed by atoms with van der Waals surface area (Å²) in [6.07, 6.45) is 3.58. The summed E-state index contributed by atoms with van der Waals surface area (Å²) < 4.78 is 8.41. The first-order valence-corrected chi connectivity index (χ1v) is 11.7. The largest absolute Gasteiger partial charge is 0.381 e. The van der Waals surface area contributed by atoms with E-state index in [0.29, 0.717) is 5.92 Å². The minimum Gasteiger partial charge on any atom is -0.381 e. The van der Waals surface area contributed by atoms with E-state index in [-0.39, 0.29) is 6.23 Å². The fraction of sp³-hybridized carbons (Fsp3) is 0.286. The second-order valence-corrected chi connectivity index (χ2v) is 9.44. The van der Waals surface area contributed by atoms with Crippen LogP contribution in [0.25, 0.3) is 38.6 Å². The number of benzene rings is 3. The molecular formula is C28H27N3O. The van der Waals surface area contributed by atoms with Crippen LogP contribution in [0.1, 0.15) is 29.5 Å². The van der Waals surface area contributed by atoms with Crippen molar-refractivity contribution < 1.29 is 4.74 Å². The zero-order valence-electron chi connectivity index (χ0n) is 18.4. The number of ether oxygens (including phenoxy) is 1. The molecule has 2 unspecified atom stereocenters. The number of nitrogens with zero attached hydrogens (tertiary/aromatic N) is 1. The van der Waals surface area contributed by atoms with Crippen LogP contribution >= 0.6 is 0 Å². The third-order valence-electron chi connectivity index (χ3n) is 7.74. The summed E-state index contributed by atoms with van der Waals surface area (Å²) in [6, 6.07) is 17.7. The van der Waals surface area contributed by atoms with Crippen molar-refractivity contribution in [2.45, 2.75) is 32.0 Å². The Morgan fingerprint density at radius 3 is 2.78 bits per heavy atom. The predicted octanol–water partition coefficient (Wildman–Crippen LogP) is 5.79.